The minimum atomic E-state index is -1.03. The maximum atomic E-state index is 15.0. The number of hydrogen-bond donors (Lipinski definition) is 0. The summed E-state index contributed by atoms with van der Waals surface area (Å²) in [4.78, 5) is 37.7. The number of nitrogens with zero attached hydrogens (tertiary/aromatic N) is 1. The summed E-state index contributed by atoms with van der Waals surface area (Å²) in [7, 11) is 0. The highest BCUT2D eigenvalue weighted by atomic mass is 16.7. The van der Waals surface area contributed by atoms with Gasteiger partial charge >= 0.3 is 0 Å². The standard InChI is InChI=1S/C75H7NO3/c77-71-9-3-1-2-4-10(9)72(78)12-7-8(5-6-11(12)71)73-74-67-59-51-41-31-23-15-13-14-17-21-19(15)27-35-29(21)39-33-25(17)26-18(14)22-20-16(13)24(23)32-38-28(20)36-30(22)40-34(26)44-43(33)55-49(39)57-47(35)53(45(51)37(27)31)61(67)63(57)69-65(55)66-56(44)50(40)58-48(36)54-46(38)52(42(32)41)60(59)68(74)62(54)64(58)70(66)75(69,74)79-76-73/h1-7H. The van der Waals surface area contributed by atoms with Crippen molar-refractivity contribution < 1.29 is 14.4 Å². The molecule has 79 heavy (non-hydrogen) atoms. The molecule has 0 radical (unpaired) electrons. The maximum absolute atomic E-state index is 15.0. The monoisotopic (exact) mass is 969 g/mol. The zero-order valence-electron chi connectivity index (χ0n) is 39.7. The molecule has 0 unspecified atom stereocenters. The van der Waals surface area contributed by atoms with Gasteiger partial charge in [0, 0.05) is 38.9 Å². The predicted molar refractivity (Wildman–Crippen MR) is 321 cm³/mol. The number of rotatable bonds is 1. The van der Waals surface area contributed by atoms with E-state index in [1.165, 1.54) is 162 Å². The SMILES string of the molecule is O=C1c2ccccc2C(=O)c2cc(C3=NOC45c6c7c8c9c%10c%11c(c%12c%13c4c4c6c6c%14c7c7c8c8c%10c%10c%15c%11c%11c%12c%12c%13c%13c4c4c6c6c%14c%14c7c7c8c%10c8c%10c%15c%11c%11c%12c%12c%13c4c4c6c6c%14c7c8c7c%10c%11c%12c4c67)C395)ccc21. The molecule has 6 aliphatic rings. The van der Waals surface area contributed by atoms with Crippen molar-refractivity contribution in [1.82, 2.24) is 0 Å². The third-order valence-corrected chi connectivity index (χ3v) is 27.1. The first-order chi connectivity index (χ1) is 39.2. The number of hydrogen-bond acceptors (Lipinski definition) is 4. The fraction of sp³-hybridized carbons (Fsp3) is 0.0267. The van der Waals surface area contributed by atoms with Crippen molar-refractivity contribution in [1.29, 1.82) is 0 Å². The molecular weight excluding hydrogens is 963 g/mol. The van der Waals surface area contributed by atoms with Crippen LogP contribution in [0.25, 0.3) is 291 Å². The van der Waals surface area contributed by atoms with Crippen molar-refractivity contribution in [3.8, 4) is 0 Å². The van der Waals surface area contributed by atoms with Crippen LogP contribution in [0.3, 0.4) is 0 Å². The second-order valence-corrected chi connectivity index (χ2v) is 27.7. The van der Waals surface area contributed by atoms with Gasteiger partial charge in [0.1, 0.15) is 11.1 Å². The molecule has 2 spiro atoms. The Balaban J connectivity index is 1.00. The molecule has 0 aromatic heterocycles. The van der Waals surface area contributed by atoms with Gasteiger partial charge in [-0.3, -0.25) is 9.59 Å². The van der Waals surface area contributed by atoms with E-state index >= 15 is 4.79 Å². The molecule has 0 amide bonds. The molecule has 4 heteroatoms. The normalized spacial score (nSPS) is 21.7. The molecule has 5 aliphatic carbocycles. The summed E-state index contributed by atoms with van der Waals surface area (Å²) >= 11 is 0. The summed E-state index contributed by atoms with van der Waals surface area (Å²) in [5.74, 6) is -0.189. The summed E-state index contributed by atoms with van der Waals surface area (Å²) in [5, 5.41) is 88.5. The maximum Gasteiger partial charge on any atom is 0.209 e. The molecule has 330 valence electrons. The molecule has 0 N–H and O–H groups in total. The van der Waals surface area contributed by atoms with E-state index in [0.717, 1.165) is 11.3 Å². The molecule has 30 aromatic carbocycles. The summed E-state index contributed by atoms with van der Waals surface area (Å²) in [6.07, 6.45) is 0. The third-order valence-electron chi connectivity index (χ3n) is 27.1. The number of fused-ring (bicyclic) bond motifs is 2. The predicted octanol–water partition coefficient (Wildman–Crippen LogP) is 18.5. The summed E-state index contributed by atoms with van der Waals surface area (Å²) in [6, 6.07) is 13.6. The Morgan fingerprint density at radius 2 is 0.481 bits per heavy atom. The van der Waals surface area contributed by atoms with E-state index in [0.29, 0.717) is 22.3 Å². The Kier molecular flexibility index (Phi) is 2.61. The molecule has 0 saturated carbocycles. The van der Waals surface area contributed by atoms with E-state index in [-0.39, 0.29) is 11.6 Å². The van der Waals surface area contributed by atoms with Crippen LogP contribution in [0.4, 0.5) is 0 Å². The number of benzene rings is 20. The van der Waals surface area contributed by atoms with Crippen LogP contribution in [-0.4, -0.2) is 17.3 Å². The van der Waals surface area contributed by atoms with Crippen molar-refractivity contribution >= 4 is 308 Å². The minimum Gasteiger partial charge on any atom is -0.377 e. The number of oxime groups is 1. The Hall–Kier alpha value is -10.3. The van der Waals surface area contributed by atoms with Gasteiger partial charge in [-0.25, -0.2) is 0 Å². The average molecular weight is 970 g/mol. The first kappa shape index (κ1) is 29.9. The molecule has 0 fully saturated rings. The number of carbonyl (C=O) groups is 2. The lowest BCUT2D eigenvalue weighted by atomic mass is 9.52. The molecule has 0 atom stereocenters. The molecule has 0 saturated heterocycles. The largest absolute Gasteiger partial charge is 0.377 e. The van der Waals surface area contributed by atoms with E-state index in [2.05, 4.69) is 12.1 Å². The fourth-order valence-electron chi connectivity index (χ4n) is 26.4. The van der Waals surface area contributed by atoms with Crippen LogP contribution >= 0.6 is 0 Å². The van der Waals surface area contributed by atoms with Gasteiger partial charge in [-0.15, -0.1) is 0 Å². The van der Waals surface area contributed by atoms with Gasteiger partial charge in [0.2, 0.25) is 5.60 Å². The summed E-state index contributed by atoms with van der Waals surface area (Å²) < 4.78 is 0. The zero-order chi connectivity index (χ0) is 47.5. The fourth-order valence-corrected chi connectivity index (χ4v) is 26.4. The summed E-state index contributed by atoms with van der Waals surface area (Å²) in [5.41, 5.74) is 7.34. The van der Waals surface area contributed by atoms with Gasteiger partial charge in [-0.2, -0.15) is 0 Å². The van der Waals surface area contributed by atoms with Crippen LogP contribution in [0, 0.1) is 0 Å². The van der Waals surface area contributed by atoms with Crippen LogP contribution in [0.5, 0.6) is 0 Å². The lowest BCUT2D eigenvalue weighted by Gasteiger charge is -2.47. The van der Waals surface area contributed by atoms with Gasteiger partial charge in [0.25, 0.3) is 0 Å². The molecular formula is C75H7NO3. The number of carbonyl (C=O) groups excluding carboxylic acids is 2. The highest BCUT2D eigenvalue weighted by Gasteiger charge is 2.76. The van der Waals surface area contributed by atoms with Crippen molar-refractivity contribution in [2.24, 2.45) is 5.16 Å². The first-order valence-electron chi connectivity index (χ1n) is 28.6. The third kappa shape index (κ3) is 1.67. The van der Waals surface area contributed by atoms with Crippen LogP contribution < -0.4 is 0 Å². The summed E-state index contributed by atoms with van der Waals surface area (Å²) in [6.45, 7) is 0. The molecule has 1 heterocycles. The molecule has 0 bridgehead atoms. The molecule has 4 nitrogen and oxygen atoms in total. The van der Waals surface area contributed by atoms with E-state index in [1.54, 1.807) is 151 Å². The van der Waals surface area contributed by atoms with Gasteiger partial charge in [0.15, 0.2) is 11.6 Å². The van der Waals surface area contributed by atoms with Crippen molar-refractivity contribution in [3.63, 3.8) is 0 Å². The zero-order valence-corrected chi connectivity index (χ0v) is 39.7. The van der Waals surface area contributed by atoms with Crippen molar-refractivity contribution in [2.45, 2.75) is 11.0 Å². The Labute approximate surface area is 428 Å². The van der Waals surface area contributed by atoms with Gasteiger partial charge < -0.3 is 4.84 Å². The van der Waals surface area contributed by atoms with E-state index in [9.17, 15) is 4.79 Å². The lowest BCUT2D eigenvalue weighted by molar-refractivity contribution is -0.0122. The quantitative estimate of drug-likeness (QED) is 0.154. The average Bonchev–Trinajstić information content (AvgIpc) is 1.56. The van der Waals surface area contributed by atoms with Crippen molar-refractivity contribution in [2.75, 3.05) is 0 Å². The second kappa shape index (κ2) is 6.92. The highest BCUT2D eigenvalue weighted by Crippen LogP contribution is 2.85. The number of ketones is 2. The molecule has 36 rings (SSSR count). The minimum absolute atomic E-state index is 0.0916. The molecule has 30 aromatic rings. The van der Waals surface area contributed by atoms with Gasteiger partial charge in [-0.05, 0) is 314 Å². The Morgan fingerprint density at radius 3 is 0.759 bits per heavy atom. The van der Waals surface area contributed by atoms with Gasteiger partial charge in [-0.1, -0.05) is 35.5 Å². The van der Waals surface area contributed by atoms with E-state index in [1.807, 2.05) is 30.3 Å². The first-order valence-corrected chi connectivity index (χ1v) is 28.6. The second-order valence-electron chi connectivity index (χ2n) is 27.7. The van der Waals surface area contributed by atoms with E-state index < -0.39 is 11.0 Å². The van der Waals surface area contributed by atoms with Crippen molar-refractivity contribution in [3.05, 3.63) is 92.5 Å². The van der Waals surface area contributed by atoms with E-state index in [4.69, 9.17) is 9.99 Å². The van der Waals surface area contributed by atoms with Crippen LogP contribution in [-0.2, 0) is 15.9 Å². The Bertz CT molecular complexity index is 8030. The van der Waals surface area contributed by atoms with Crippen LogP contribution in [0.15, 0.2) is 47.6 Å². The van der Waals surface area contributed by atoms with Crippen LogP contribution in [0.2, 0.25) is 0 Å². The Morgan fingerprint density at radius 1 is 0.253 bits per heavy atom. The molecule has 1 aliphatic heterocycles. The van der Waals surface area contributed by atoms with Gasteiger partial charge in [0.05, 0.1) is 0 Å². The topological polar surface area (TPSA) is 55.7 Å². The smallest absolute Gasteiger partial charge is 0.209 e. The lowest BCUT2D eigenvalue weighted by Crippen LogP contribution is -2.54. The van der Waals surface area contributed by atoms with Crippen LogP contribution in [0.1, 0.15) is 59.7 Å². The highest BCUT2D eigenvalue weighted by molar-refractivity contribution is 6.82.